The summed E-state index contributed by atoms with van der Waals surface area (Å²) in [5, 5.41) is 1.02. The molecule has 0 fully saturated rings. The molecule has 0 unspecified atom stereocenters. The van der Waals surface area contributed by atoms with Crippen LogP contribution in [0.5, 0.6) is 0 Å². The Kier molecular flexibility index (Phi) is 5.31. The summed E-state index contributed by atoms with van der Waals surface area (Å²) in [7, 11) is 4.13. The highest BCUT2D eigenvalue weighted by molar-refractivity contribution is 9.12. The minimum Gasteiger partial charge on any atom is -0.308 e. The van der Waals surface area contributed by atoms with Crippen molar-refractivity contribution < 1.29 is 0 Å². The molecule has 0 spiro atoms. The van der Waals surface area contributed by atoms with Crippen molar-refractivity contribution in [3.63, 3.8) is 0 Å². The summed E-state index contributed by atoms with van der Waals surface area (Å²) in [4.78, 5) is 2.73. The van der Waals surface area contributed by atoms with Gasteiger partial charge in [0.05, 0.1) is 0 Å². The largest absolute Gasteiger partial charge is 0.308 e. The first-order valence-corrected chi connectivity index (χ1v) is 4.55. The van der Waals surface area contributed by atoms with Gasteiger partial charge in [0, 0.05) is 16.7 Å². The molecule has 50 valence electrons. The highest BCUT2D eigenvalue weighted by atomic mass is 79.9. The Morgan fingerprint density at radius 1 is 1.50 bits per heavy atom. The molecule has 0 saturated carbocycles. The average molecular weight is 245 g/mol. The number of alkyl halides is 2. The van der Waals surface area contributed by atoms with E-state index in [0.717, 1.165) is 11.9 Å². The fourth-order valence-electron chi connectivity index (χ4n) is 0.445. The molecule has 0 aromatic carbocycles. The maximum Gasteiger partial charge on any atom is 0.0369 e. The minimum atomic E-state index is 0.581. The van der Waals surface area contributed by atoms with Crippen molar-refractivity contribution in [3.05, 3.63) is 0 Å². The molecule has 0 N–H and O–H groups in total. The van der Waals surface area contributed by atoms with Crippen molar-refractivity contribution in [2.75, 3.05) is 26.0 Å². The van der Waals surface area contributed by atoms with E-state index in [1.807, 2.05) is 0 Å². The second-order valence-electron chi connectivity index (χ2n) is 2.01. The van der Waals surface area contributed by atoms with E-state index in [-0.39, 0.29) is 0 Å². The first-order chi connectivity index (χ1) is 3.66. The second kappa shape index (κ2) is 4.77. The molecule has 0 aliphatic carbocycles. The van der Waals surface area contributed by atoms with E-state index >= 15 is 0 Å². The first kappa shape index (κ1) is 8.92. The van der Waals surface area contributed by atoms with E-state index in [1.54, 1.807) is 0 Å². The van der Waals surface area contributed by atoms with Crippen LogP contribution in [0.3, 0.4) is 0 Å². The van der Waals surface area contributed by atoms with Crippen molar-refractivity contribution in [2.45, 2.75) is 4.83 Å². The molecular weight excluding hydrogens is 234 g/mol. The molecule has 0 amide bonds. The molecule has 0 aliphatic heterocycles. The lowest BCUT2D eigenvalue weighted by molar-refractivity contribution is 0.417. The Morgan fingerprint density at radius 2 is 2.00 bits per heavy atom. The summed E-state index contributed by atoms with van der Waals surface area (Å²) in [5.41, 5.74) is 0. The maximum absolute atomic E-state index is 3.49. The SMILES string of the molecule is CN(C)C[C@H](Br)CBr. The van der Waals surface area contributed by atoms with Crippen LogP contribution in [0.15, 0.2) is 0 Å². The minimum absolute atomic E-state index is 0.581. The standard InChI is InChI=1S/C5H11Br2N/c1-8(2)4-5(7)3-6/h5H,3-4H2,1-2H3/t5-/m1/s1. The van der Waals surface area contributed by atoms with Crippen molar-refractivity contribution in [1.82, 2.24) is 4.90 Å². The molecule has 0 rings (SSSR count). The van der Waals surface area contributed by atoms with Crippen LogP contribution in [0.4, 0.5) is 0 Å². The third-order valence-corrected chi connectivity index (χ3v) is 2.99. The van der Waals surface area contributed by atoms with Gasteiger partial charge in [-0.1, -0.05) is 31.9 Å². The van der Waals surface area contributed by atoms with Crippen molar-refractivity contribution >= 4 is 31.9 Å². The lowest BCUT2D eigenvalue weighted by atomic mass is 10.5. The van der Waals surface area contributed by atoms with E-state index < -0.39 is 0 Å². The lowest BCUT2D eigenvalue weighted by Crippen LogP contribution is -2.22. The zero-order valence-electron chi connectivity index (χ0n) is 5.19. The van der Waals surface area contributed by atoms with Crippen LogP contribution < -0.4 is 0 Å². The highest BCUT2D eigenvalue weighted by Crippen LogP contribution is 2.03. The van der Waals surface area contributed by atoms with Gasteiger partial charge in [0.2, 0.25) is 0 Å². The monoisotopic (exact) mass is 243 g/mol. The third-order valence-electron chi connectivity index (χ3n) is 0.731. The maximum atomic E-state index is 3.49. The quantitative estimate of drug-likeness (QED) is 0.684. The molecule has 0 aliphatic rings. The van der Waals surface area contributed by atoms with E-state index in [0.29, 0.717) is 4.83 Å². The van der Waals surface area contributed by atoms with E-state index in [9.17, 15) is 0 Å². The Labute approximate surface area is 67.7 Å². The fraction of sp³-hybridized carbons (Fsp3) is 1.00. The Balaban J connectivity index is 3.10. The van der Waals surface area contributed by atoms with Crippen molar-refractivity contribution in [2.24, 2.45) is 0 Å². The number of nitrogens with zero attached hydrogens (tertiary/aromatic N) is 1. The van der Waals surface area contributed by atoms with Gasteiger partial charge in [-0.05, 0) is 14.1 Å². The van der Waals surface area contributed by atoms with E-state index in [4.69, 9.17) is 0 Å². The number of hydrogen-bond acceptors (Lipinski definition) is 1. The summed E-state index contributed by atoms with van der Waals surface area (Å²) < 4.78 is 0. The summed E-state index contributed by atoms with van der Waals surface area (Å²) in [6, 6.07) is 0. The summed E-state index contributed by atoms with van der Waals surface area (Å²) >= 11 is 6.86. The molecule has 3 heteroatoms. The average Bonchev–Trinajstić information content (AvgIpc) is 1.65. The number of rotatable bonds is 3. The zero-order chi connectivity index (χ0) is 6.57. The van der Waals surface area contributed by atoms with Crippen molar-refractivity contribution in [1.29, 1.82) is 0 Å². The molecule has 1 atom stereocenters. The van der Waals surface area contributed by atoms with Crippen LogP contribution in [-0.2, 0) is 0 Å². The molecule has 0 radical (unpaired) electrons. The van der Waals surface area contributed by atoms with Gasteiger partial charge in [0.25, 0.3) is 0 Å². The Morgan fingerprint density at radius 3 is 2.12 bits per heavy atom. The van der Waals surface area contributed by atoms with Gasteiger partial charge < -0.3 is 4.90 Å². The predicted octanol–water partition coefficient (Wildman–Crippen LogP) is 1.71. The normalized spacial score (nSPS) is 14.6. The van der Waals surface area contributed by atoms with Gasteiger partial charge in [-0.25, -0.2) is 0 Å². The predicted molar refractivity (Wildman–Crippen MR) is 45.1 cm³/mol. The smallest absolute Gasteiger partial charge is 0.0369 e. The summed E-state index contributed by atoms with van der Waals surface area (Å²) in [5.74, 6) is 0. The number of hydrogen-bond donors (Lipinski definition) is 0. The zero-order valence-corrected chi connectivity index (χ0v) is 8.37. The van der Waals surface area contributed by atoms with Gasteiger partial charge >= 0.3 is 0 Å². The number of halogens is 2. The molecule has 8 heavy (non-hydrogen) atoms. The van der Waals surface area contributed by atoms with Crippen LogP contribution in [0.1, 0.15) is 0 Å². The van der Waals surface area contributed by atoms with E-state index in [1.165, 1.54) is 0 Å². The Bertz CT molecular complexity index is 56.4. The summed E-state index contributed by atoms with van der Waals surface area (Å²) in [6.45, 7) is 1.09. The fourth-order valence-corrected chi connectivity index (χ4v) is 1.23. The van der Waals surface area contributed by atoms with Gasteiger partial charge in [-0.2, -0.15) is 0 Å². The van der Waals surface area contributed by atoms with Gasteiger partial charge in [0.1, 0.15) is 0 Å². The highest BCUT2D eigenvalue weighted by Gasteiger charge is 2.00. The summed E-state index contributed by atoms with van der Waals surface area (Å²) in [6.07, 6.45) is 0. The van der Waals surface area contributed by atoms with Crippen LogP contribution >= 0.6 is 31.9 Å². The topological polar surface area (TPSA) is 3.24 Å². The van der Waals surface area contributed by atoms with E-state index in [2.05, 4.69) is 50.9 Å². The molecule has 0 saturated heterocycles. The van der Waals surface area contributed by atoms with Crippen LogP contribution in [0.2, 0.25) is 0 Å². The first-order valence-electron chi connectivity index (χ1n) is 2.51. The molecule has 0 bridgehead atoms. The van der Waals surface area contributed by atoms with Crippen molar-refractivity contribution in [3.8, 4) is 0 Å². The molecule has 0 heterocycles. The Hall–Kier alpha value is 0.920. The van der Waals surface area contributed by atoms with Crippen LogP contribution in [0.25, 0.3) is 0 Å². The molecule has 0 aromatic rings. The van der Waals surface area contributed by atoms with Crippen LogP contribution in [-0.4, -0.2) is 35.7 Å². The van der Waals surface area contributed by atoms with Gasteiger partial charge in [0.15, 0.2) is 0 Å². The van der Waals surface area contributed by atoms with Gasteiger partial charge in [-0.3, -0.25) is 0 Å². The molecular formula is C5H11Br2N. The second-order valence-corrected chi connectivity index (χ2v) is 3.96. The third kappa shape index (κ3) is 5.06. The molecule has 0 aromatic heterocycles. The molecule has 1 nitrogen and oxygen atoms in total. The van der Waals surface area contributed by atoms with Crippen LogP contribution in [0, 0.1) is 0 Å². The van der Waals surface area contributed by atoms with Gasteiger partial charge in [-0.15, -0.1) is 0 Å². The lowest BCUT2D eigenvalue weighted by Gasteiger charge is -2.11.